The Bertz CT molecular complexity index is 85.8. The van der Waals surface area contributed by atoms with Crippen LogP contribution in [0.1, 0.15) is 0 Å². The quantitative estimate of drug-likeness (QED) is 0.477. The van der Waals surface area contributed by atoms with Crippen molar-refractivity contribution in [1.29, 1.82) is 0 Å². The number of hydrogen-bond acceptors (Lipinski definition) is 1. The second-order valence-electron chi connectivity index (χ2n) is 1.22. The van der Waals surface area contributed by atoms with Gasteiger partial charge < -0.3 is 5.11 Å². The first-order valence-corrected chi connectivity index (χ1v) is 2.99. The maximum Gasteiger partial charge on any atom is 0.219 e. The van der Waals surface area contributed by atoms with Gasteiger partial charge in [-0.15, -0.1) is 6.58 Å². The molecule has 0 radical (unpaired) electrons. The first-order valence-electron chi connectivity index (χ1n) is 1.86. The van der Waals surface area contributed by atoms with Gasteiger partial charge >= 0.3 is 0 Å². The minimum absolute atomic E-state index is 1.09. The highest BCUT2D eigenvalue weighted by atomic mass is 35.6. The molecule has 8 heavy (non-hydrogen) atoms. The maximum absolute atomic E-state index is 8.68. The molecule has 1 N–H and O–H groups in total. The van der Waals surface area contributed by atoms with E-state index in [0.29, 0.717) is 0 Å². The SMILES string of the molecule is C=CC(O)C(Cl)(Cl)Cl. The van der Waals surface area contributed by atoms with Gasteiger partial charge in [-0.1, -0.05) is 40.9 Å². The maximum atomic E-state index is 8.68. The summed E-state index contributed by atoms with van der Waals surface area (Å²) >= 11 is 15.6. The molecule has 48 valence electrons. The van der Waals surface area contributed by atoms with E-state index in [1.54, 1.807) is 0 Å². The molecule has 0 aromatic carbocycles. The highest BCUT2D eigenvalue weighted by molar-refractivity contribution is 6.68. The zero-order valence-electron chi connectivity index (χ0n) is 3.94. The van der Waals surface area contributed by atoms with Crippen molar-refractivity contribution in [2.75, 3.05) is 0 Å². The van der Waals surface area contributed by atoms with Gasteiger partial charge in [-0.3, -0.25) is 0 Å². The first kappa shape index (κ1) is 8.57. The van der Waals surface area contributed by atoms with E-state index in [1.807, 2.05) is 0 Å². The summed E-state index contributed by atoms with van der Waals surface area (Å²) < 4.78 is -1.64. The van der Waals surface area contributed by atoms with Crippen LogP contribution < -0.4 is 0 Å². The molecule has 1 nitrogen and oxygen atoms in total. The lowest BCUT2D eigenvalue weighted by molar-refractivity contribution is 0.228. The zero-order valence-corrected chi connectivity index (χ0v) is 6.21. The van der Waals surface area contributed by atoms with Gasteiger partial charge in [0, 0.05) is 0 Å². The number of aliphatic hydroxyl groups excluding tert-OH is 1. The van der Waals surface area contributed by atoms with Gasteiger partial charge in [0.1, 0.15) is 6.10 Å². The van der Waals surface area contributed by atoms with Crippen LogP contribution in [-0.2, 0) is 0 Å². The Morgan fingerprint density at radius 2 is 1.88 bits per heavy atom. The summed E-state index contributed by atoms with van der Waals surface area (Å²) in [6.07, 6.45) is 0.0694. The van der Waals surface area contributed by atoms with E-state index in [1.165, 1.54) is 0 Å². The number of halogens is 3. The van der Waals surface area contributed by atoms with Crippen molar-refractivity contribution in [3.63, 3.8) is 0 Å². The molecule has 0 spiro atoms. The molecule has 0 aliphatic rings. The van der Waals surface area contributed by atoms with Gasteiger partial charge in [0.15, 0.2) is 0 Å². The molecular weight excluding hydrogens is 170 g/mol. The Kier molecular flexibility index (Phi) is 3.13. The van der Waals surface area contributed by atoms with Crippen LogP contribution in [0.4, 0.5) is 0 Å². The van der Waals surface area contributed by atoms with Crippen LogP contribution in [0.5, 0.6) is 0 Å². The predicted octanol–water partition coefficient (Wildman–Crippen LogP) is 1.90. The van der Waals surface area contributed by atoms with E-state index in [0.717, 1.165) is 6.08 Å². The van der Waals surface area contributed by atoms with Crippen molar-refractivity contribution in [3.8, 4) is 0 Å². The number of hydrogen-bond donors (Lipinski definition) is 1. The highest BCUT2D eigenvalue weighted by Gasteiger charge is 2.27. The first-order chi connectivity index (χ1) is 3.48. The average Bonchev–Trinajstić information content (AvgIpc) is 1.62. The summed E-state index contributed by atoms with van der Waals surface area (Å²) in [6, 6.07) is 0. The number of rotatable bonds is 1. The lowest BCUT2D eigenvalue weighted by atomic mass is 10.4. The lowest BCUT2D eigenvalue weighted by Crippen LogP contribution is -2.21. The third-order valence-corrected chi connectivity index (χ3v) is 1.23. The molecular formula is C4H5Cl3O. The van der Waals surface area contributed by atoms with Gasteiger partial charge in [-0.05, 0) is 0 Å². The molecule has 0 heterocycles. The van der Waals surface area contributed by atoms with Crippen LogP contribution in [-0.4, -0.2) is 15.0 Å². The van der Waals surface area contributed by atoms with E-state index >= 15 is 0 Å². The molecule has 0 fully saturated rings. The van der Waals surface area contributed by atoms with E-state index in [4.69, 9.17) is 39.9 Å². The molecule has 4 heteroatoms. The minimum Gasteiger partial charge on any atom is -0.385 e. The largest absolute Gasteiger partial charge is 0.385 e. The Morgan fingerprint density at radius 1 is 1.50 bits per heavy atom. The summed E-state index contributed by atoms with van der Waals surface area (Å²) in [6.45, 7) is 3.22. The number of alkyl halides is 3. The Labute approximate surface area is 62.8 Å². The van der Waals surface area contributed by atoms with Crippen LogP contribution in [0.3, 0.4) is 0 Å². The standard InChI is InChI=1S/C4H5Cl3O/c1-2-3(8)4(5,6)7/h2-3,8H,1H2. The topological polar surface area (TPSA) is 20.2 Å². The Balaban J connectivity index is 3.80. The molecule has 0 aliphatic carbocycles. The van der Waals surface area contributed by atoms with E-state index in [9.17, 15) is 0 Å². The lowest BCUT2D eigenvalue weighted by Gasteiger charge is -2.13. The fourth-order valence-corrected chi connectivity index (χ4v) is 0.401. The van der Waals surface area contributed by atoms with Gasteiger partial charge in [-0.2, -0.15) is 0 Å². The van der Waals surface area contributed by atoms with Gasteiger partial charge in [0.25, 0.3) is 0 Å². The van der Waals surface area contributed by atoms with Crippen molar-refractivity contribution in [2.45, 2.75) is 9.90 Å². The molecule has 0 amide bonds. The third-order valence-electron chi connectivity index (χ3n) is 0.559. The molecule has 0 saturated carbocycles. The number of aliphatic hydroxyl groups is 1. The van der Waals surface area contributed by atoms with Crippen molar-refractivity contribution >= 4 is 34.8 Å². The highest BCUT2D eigenvalue weighted by Crippen LogP contribution is 2.30. The van der Waals surface area contributed by atoms with Gasteiger partial charge in [-0.25, -0.2) is 0 Å². The van der Waals surface area contributed by atoms with Crippen molar-refractivity contribution in [1.82, 2.24) is 0 Å². The Morgan fingerprint density at radius 3 is 1.88 bits per heavy atom. The third kappa shape index (κ3) is 2.78. The van der Waals surface area contributed by atoms with E-state index in [2.05, 4.69) is 6.58 Å². The van der Waals surface area contributed by atoms with Gasteiger partial charge in [0.05, 0.1) is 0 Å². The Hall–Kier alpha value is 0.570. The smallest absolute Gasteiger partial charge is 0.219 e. The van der Waals surface area contributed by atoms with E-state index in [-0.39, 0.29) is 0 Å². The van der Waals surface area contributed by atoms with Crippen LogP contribution >= 0.6 is 34.8 Å². The molecule has 0 bridgehead atoms. The normalized spacial score (nSPS) is 15.5. The molecule has 0 aromatic rings. The van der Waals surface area contributed by atoms with Gasteiger partial charge in [0.2, 0.25) is 3.79 Å². The molecule has 0 aromatic heterocycles. The molecule has 1 unspecified atom stereocenters. The van der Waals surface area contributed by atoms with Crippen LogP contribution in [0.2, 0.25) is 0 Å². The molecule has 0 rings (SSSR count). The predicted molar refractivity (Wildman–Crippen MR) is 36.5 cm³/mol. The monoisotopic (exact) mass is 174 g/mol. The minimum atomic E-state index is -1.64. The zero-order chi connectivity index (χ0) is 6.78. The fourth-order valence-electron chi connectivity index (χ4n) is 0.134. The van der Waals surface area contributed by atoms with Crippen LogP contribution in [0.25, 0.3) is 0 Å². The molecule has 0 aliphatic heterocycles. The second kappa shape index (κ2) is 2.92. The summed E-state index contributed by atoms with van der Waals surface area (Å²) in [4.78, 5) is 0. The van der Waals surface area contributed by atoms with E-state index < -0.39 is 9.90 Å². The average molecular weight is 175 g/mol. The second-order valence-corrected chi connectivity index (χ2v) is 3.59. The summed E-state index contributed by atoms with van der Waals surface area (Å²) in [7, 11) is 0. The summed E-state index contributed by atoms with van der Waals surface area (Å²) in [5.74, 6) is 0. The summed E-state index contributed by atoms with van der Waals surface area (Å²) in [5, 5.41) is 8.68. The summed E-state index contributed by atoms with van der Waals surface area (Å²) in [5.41, 5.74) is 0. The fraction of sp³-hybridized carbons (Fsp3) is 0.500. The van der Waals surface area contributed by atoms with Crippen molar-refractivity contribution < 1.29 is 5.11 Å². The molecule has 1 atom stereocenters. The van der Waals surface area contributed by atoms with Crippen LogP contribution in [0, 0.1) is 0 Å². The van der Waals surface area contributed by atoms with Crippen molar-refractivity contribution in [2.24, 2.45) is 0 Å². The van der Waals surface area contributed by atoms with Crippen molar-refractivity contribution in [3.05, 3.63) is 12.7 Å². The molecule has 0 saturated heterocycles. The van der Waals surface area contributed by atoms with Crippen LogP contribution in [0.15, 0.2) is 12.7 Å².